The molecule has 33 heavy (non-hydrogen) atoms. The predicted octanol–water partition coefficient (Wildman–Crippen LogP) is 5.63. The summed E-state index contributed by atoms with van der Waals surface area (Å²) in [5, 5.41) is 8.65. The summed E-state index contributed by atoms with van der Waals surface area (Å²) in [6.45, 7) is 2.82. The molecular formula is C26H27N3O3S. The van der Waals surface area contributed by atoms with Crippen LogP contribution >= 0.6 is 12.2 Å². The van der Waals surface area contributed by atoms with Gasteiger partial charge in [-0.05, 0) is 79.3 Å². The van der Waals surface area contributed by atoms with Gasteiger partial charge in [-0.25, -0.2) is 0 Å². The van der Waals surface area contributed by atoms with E-state index in [2.05, 4.69) is 22.9 Å². The van der Waals surface area contributed by atoms with Gasteiger partial charge in [0.25, 0.3) is 11.8 Å². The minimum Gasteiger partial charge on any atom is -0.494 e. The average molecular weight is 462 g/mol. The van der Waals surface area contributed by atoms with Gasteiger partial charge in [-0.15, -0.1) is 0 Å². The molecule has 0 aliphatic carbocycles. The van der Waals surface area contributed by atoms with E-state index in [4.69, 9.17) is 17.0 Å². The predicted molar refractivity (Wildman–Crippen MR) is 136 cm³/mol. The average Bonchev–Trinajstić information content (AvgIpc) is 2.84. The minimum atomic E-state index is -0.309. The molecule has 0 fully saturated rings. The molecule has 0 aliphatic rings. The van der Waals surface area contributed by atoms with Gasteiger partial charge < -0.3 is 15.4 Å². The number of anilines is 2. The van der Waals surface area contributed by atoms with E-state index in [1.807, 2.05) is 18.2 Å². The first-order valence-electron chi connectivity index (χ1n) is 10.9. The smallest absolute Gasteiger partial charge is 0.257 e. The van der Waals surface area contributed by atoms with Crippen LogP contribution in [0.15, 0.2) is 78.9 Å². The zero-order valence-corrected chi connectivity index (χ0v) is 19.3. The van der Waals surface area contributed by atoms with Gasteiger partial charge in [0, 0.05) is 22.5 Å². The molecule has 0 atom stereocenters. The van der Waals surface area contributed by atoms with Crippen LogP contribution in [0.5, 0.6) is 5.75 Å². The first-order chi connectivity index (χ1) is 16.0. The van der Waals surface area contributed by atoms with E-state index in [-0.39, 0.29) is 16.9 Å². The van der Waals surface area contributed by atoms with Crippen LogP contribution < -0.4 is 20.7 Å². The first kappa shape index (κ1) is 23.9. The van der Waals surface area contributed by atoms with Crippen LogP contribution in [-0.4, -0.2) is 23.5 Å². The number of ether oxygens (including phenoxy) is 1. The second kappa shape index (κ2) is 12.4. The van der Waals surface area contributed by atoms with Crippen molar-refractivity contribution in [2.24, 2.45) is 0 Å². The maximum Gasteiger partial charge on any atom is 0.257 e. The van der Waals surface area contributed by atoms with Crippen LogP contribution in [0.1, 0.15) is 46.9 Å². The second-order valence-corrected chi connectivity index (χ2v) is 7.79. The highest BCUT2D eigenvalue weighted by atomic mass is 32.1. The van der Waals surface area contributed by atoms with Crippen LogP contribution in [0.4, 0.5) is 11.4 Å². The number of carbonyl (C=O) groups excluding carboxylic acids is 2. The lowest BCUT2D eigenvalue weighted by atomic mass is 10.2. The van der Waals surface area contributed by atoms with Crippen LogP contribution in [0.2, 0.25) is 0 Å². The summed E-state index contributed by atoms with van der Waals surface area (Å²) >= 11 is 5.25. The maximum atomic E-state index is 12.4. The fourth-order valence-electron chi connectivity index (χ4n) is 3.01. The Balaban J connectivity index is 1.47. The van der Waals surface area contributed by atoms with E-state index in [1.54, 1.807) is 60.7 Å². The molecule has 3 N–H and O–H groups in total. The second-order valence-electron chi connectivity index (χ2n) is 7.39. The van der Waals surface area contributed by atoms with Crippen molar-refractivity contribution in [3.63, 3.8) is 0 Å². The number of hydrogen-bond donors (Lipinski definition) is 3. The normalized spacial score (nSPS) is 10.2. The van der Waals surface area contributed by atoms with Gasteiger partial charge in [0.1, 0.15) is 5.75 Å². The molecule has 6 nitrogen and oxygen atoms in total. The molecule has 0 radical (unpaired) electrons. The molecule has 0 heterocycles. The van der Waals surface area contributed by atoms with Crippen molar-refractivity contribution >= 4 is 40.5 Å². The van der Waals surface area contributed by atoms with Crippen molar-refractivity contribution in [1.82, 2.24) is 5.32 Å². The fourth-order valence-corrected chi connectivity index (χ4v) is 3.22. The first-order valence-corrected chi connectivity index (χ1v) is 11.3. The third-order valence-electron chi connectivity index (χ3n) is 4.80. The van der Waals surface area contributed by atoms with Crippen molar-refractivity contribution in [3.05, 3.63) is 90.0 Å². The molecular weight excluding hydrogens is 434 g/mol. The van der Waals surface area contributed by atoms with Crippen LogP contribution in [0.25, 0.3) is 0 Å². The number of rotatable bonds is 9. The van der Waals surface area contributed by atoms with Crippen LogP contribution in [0.3, 0.4) is 0 Å². The lowest BCUT2D eigenvalue weighted by Crippen LogP contribution is -2.34. The topological polar surface area (TPSA) is 79.5 Å². The molecule has 2 amide bonds. The summed E-state index contributed by atoms with van der Waals surface area (Å²) in [5.41, 5.74) is 2.41. The molecule has 0 saturated heterocycles. The highest BCUT2D eigenvalue weighted by molar-refractivity contribution is 7.80. The van der Waals surface area contributed by atoms with Crippen molar-refractivity contribution in [3.8, 4) is 5.75 Å². The number of benzene rings is 3. The highest BCUT2D eigenvalue weighted by Gasteiger charge is 2.09. The quantitative estimate of drug-likeness (QED) is 0.284. The van der Waals surface area contributed by atoms with Crippen molar-refractivity contribution in [1.29, 1.82) is 0 Å². The number of amides is 2. The Morgan fingerprint density at radius 3 is 2.00 bits per heavy atom. The summed E-state index contributed by atoms with van der Waals surface area (Å²) in [6, 6.07) is 23.0. The zero-order chi connectivity index (χ0) is 23.5. The number of nitrogens with one attached hydrogen (secondary N) is 3. The summed E-state index contributed by atoms with van der Waals surface area (Å²) in [4.78, 5) is 24.7. The molecule has 3 aromatic carbocycles. The molecule has 3 aromatic rings. The number of unbranched alkanes of at least 4 members (excludes halogenated alkanes) is 2. The number of thiocarbonyl (C=S) groups is 1. The van der Waals surface area contributed by atoms with Crippen LogP contribution in [0, 0.1) is 0 Å². The largest absolute Gasteiger partial charge is 0.494 e. The van der Waals surface area contributed by atoms with E-state index in [1.165, 1.54) is 0 Å². The van der Waals surface area contributed by atoms with Crippen LogP contribution in [-0.2, 0) is 0 Å². The Labute approximate surface area is 199 Å². The lowest BCUT2D eigenvalue weighted by molar-refractivity contribution is 0.0976. The number of carbonyl (C=O) groups is 2. The monoisotopic (exact) mass is 461 g/mol. The molecule has 0 aliphatic heterocycles. The van der Waals surface area contributed by atoms with Gasteiger partial charge in [0.05, 0.1) is 6.61 Å². The molecule has 0 spiro atoms. The van der Waals surface area contributed by atoms with E-state index in [0.29, 0.717) is 29.1 Å². The Kier molecular flexibility index (Phi) is 8.97. The number of hydrogen-bond acceptors (Lipinski definition) is 4. The summed E-state index contributed by atoms with van der Waals surface area (Å²) in [7, 11) is 0. The Morgan fingerprint density at radius 1 is 0.758 bits per heavy atom. The molecule has 0 unspecified atom stereocenters. The molecule has 0 aromatic heterocycles. The van der Waals surface area contributed by atoms with Gasteiger partial charge in [0.15, 0.2) is 5.11 Å². The van der Waals surface area contributed by atoms with Crippen molar-refractivity contribution < 1.29 is 14.3 Å². The maximum absolute atomic E-state index is 12.4. The Morgan fingerprint density at radius 2 is 1.36 bits per heavy atom. The third kappa shape index (κ3) is 7.73. The summed E-state index contributed by atoms with van der Waals surface area (Å²) in [6.07, 6.45) is 3.29. The zero-order valence-electron chi connectivity index (χ0n) is 18.5. The molecule has 170 valence electrons. The van der Waals surface area contributed by atoms with Crippen molar-refractivity contribution in [2.75, 3.05) is 17.2 Å². The Hall–Kier alpha value is -3.71. The highest BCUT2D eigenvalue weighted by Crippen LogP contribution is 2.16. The molecule has 0 bridgehead atoms. The third-order valence-corrected chi connectivity index (χ3v) is 5.00. The molecule has 0 saturated carbocycles. The standard InChI is InChI=1S/C26H27N3O3S/c1-2-3-7-18-32-23-16-10-20(11-17-23)25(31)29-26(33)28-22-14-12-21(13-15-22)27-24(30)19-8-5-4-6-9-19/h4-6,8-17H,2-3,7,18H2,1H3,(H,27,30)(H2,28,29,31,33). The van der Waals surface area contributed by atoms with E-state index in [9.17, 15) is 9.59 Å². The SMILES string of the molecule is CCCCCOc1ccc(C(=O)NC(=S)Nc2ccc(NC(=O)c3ccccc3)cc2)cc1. The van der Waals surface area contributed by atoms with Gasteiger partial charge in [0.2, 0.25) is 0 Å². The van der Waals surface area contributed by atoms with E-state index < -0.39 is 0 Å². The van der Waals surface area contributed by atoms with Gasteiger partial charge >= 0.3 is 0 Å². The summed E-state index contributed by atoms with van der Waals surface area (Å²) < 4.78 is 5.67. The lowest BCUT2D eigenvalue weighted by Gasteiger charge is -2.11. The van der Waals surface area contributed by atoms with Crippen molar-refractivity contribution in [2.45, 2.75) is 26.2 Å². The van der Waals surface area contributed by atoms with Gasteiger partial charge in [-0.2, -0.15) is 0 Å². The van der Waals surface area contributed by atoms with Gasteiger partial charge in [-0.1, -0.05) is 38.0 Å². The Bertz CT molecular complexity index is 1070. The van der Waals surface area contributed by atoms with E-state index >= 15 is 0 Å². The summed E-state index contributed by atoms with van der Waals surface area (Å²) in [5.74, 6) is 0.246. The molecule has 3 rings (SSSR count). The molecule has 7 heteroatoms. The fraction of sp³-hybridized carbons (Fsp3) is 0.192. The minimum absolute atomic E-state index is 0.181. The van der Waals surface area contributed by atoms with E-state index in [0.717, 1.165) is 25.0 Å². The van der Waals surface area contributed by atoms with Gasteiger partial charge in [-0.3, -0.25) is 14.9 Å².